The predicted molar refractivity (Wildman–Crippen MR) is 54.7 cm³/mol. The summed E-state index contributed by atoms with van der Waals surface area (Å²) in [6, 6.07) is 17.7. The van der Waals surface area contributed by atoms with E-state index in [0.29, 0.717) is 0 Å². The molecule has 0 radical (unpaired) electrons. The van der Waals surface area contributed by atoms with Crippen molar-refractivity contribution in [1.29, 1.82) is 0 Å². The summed E-state index contributed by atoms with van der Waals surface area (Å²) < 4.78 is 0. The molecule has 1 nitrogen and oxygen atoms in total. The number of hydrogen-bond acceptors (Lipinski definition) is 1. The van der Waals surface area contributed by atoms with Crippen molar-refractivity contribution >= 4 is 0 Å². The van der Waals surface area contributed by atoms with E-state index >= 15 is 0 Å². The summed E-state index contributed by atoms with van der Waals surface area (Å²) in [5, 5.41) is 8.91. The standard InChI is InChI=1S/C7H9O.C5H5.Fe/c1-6(8)7-4-2-3-5-7;1-2-4-5-3-1;/h2-6,8H,1H3;1-5H;/q2*-1;. The van der Waals surface area contributed by atoms with Gasteiger partial charge < -0.3 is 5.11 Å². The van der Waals surface area contributed by atoms with Gasteiger partial charge in [-0.2, -0.15) is 30.3 Å². The minimum Gasteiger partial charge on any atom is -0.401 e. The molecule has 1 N–H and O–H groups in total. The molecule has 2 heteroatoms. The molecule has 2 aromatic carbocycles. The van der Waals surface area contributed by atoms with Gasteiger partial charge in [0.2, 0.25) is 0 Å². The monoisotopic (exact) mass is 230 g/mol. The van der Waals surface area contributed by atoms with Crippen LogP contribution in [-0.4, -0.2) is 5.11 Å². The van der Waals surface area contributed by atoms with Crippen molar-refractivity contribution < 1.29 is 22.2 Å². The molecular weight excluding hydrogens is 216 g/mol. The summed E-state index contributed by atoms with van der Waals surface area (Å²) in [4.78, 5) is 0. The van der Waals surface area contributed by atoms with E-state index in [1.807, 2.05) is 54.6 Å². The zero-order valence-corrected chi connectivity index (χ0v) is 9.18. The van der Waals surface area contributed by atoms with E-state index < -0.39 is 0 Å². The second kappa shape index (κ2) is 7.57. The van der Waals surface area contributed by atoms with Crippen LogP contribution < -0.4 is 0 Å². The van der Waals surface area contributed by atoms with Crippen LogP contribution in [0.2, 0.25) is 0 Å². The van der Waals surface area contributed by atoms with E-state index in [2.05, 4.69) is 0 Å². The third-order valence-corrected chi connectivity index (χ3v) is 1.73. The van der Waals surface area contributed by atoms with Crippen LogP contribution in [0.15, 0.2) is 54.6 Å². The Kier molecular flexibility index (Phi) is 7.13. The van der Waals surface area contributed by atoms with Crippen LogP contribution in [0.1, 0.15) is 18.6 Å². The van der Waals surface area contributed by atoms with E-state index in [4.69, 9.17) is 5.11 Å². The van der Waals surface area contributed by atoms with Crippen LogP contribution in [0, 0.1) is 0 Å². The van der Waals surface area contributed by atoms with Crippen molar-refractivity contribution in [3.05, 3.63) is 60.2 Å². The normalized spacial score (nSPS) is 10.7. The molecule has 0 spiro atoms. The van der Waals surface area contributed by atoms with Gasteiger partial charge in [-0.1, -0.05) is 0 Å². The molecule has 0 aliphatic heterocycles. The molecule has 0 bridgehead atoms. The Morgan fingerprint density at radius 1 is 1.07 bits per heavy atom. The Morgan fingerprint density at radius 3 is 1.79 bits per heavy atom. The van der Waals surface area contributed by atoms with Gasteiger partial charge in [0.25, 0.3) is 0 Å². The average Bonchev–Trinajstić information content (AvgIpc) is 2.82. The van der Waals surface area contributed by atoms with Crippen molar-refractivity contribution in [3.63, 3.8) is 0 Å². The Hall–Kier alpha value is -0.821. The van der Waals surface area contributed by atoms with E-state index in [9.17, 15) is 0 Å². The quantitative estimate of drug-likeness (QED) is 0.589. The van der Waals surface area contributed by atoms with Gasteiger partial charge >= 0.3 is 0 Å². The summed E-state index contributed by atoms with van der Waals surface area (Å²) in [7, 11) is 0. The van der Waals surface area contributed by atoms with Crippen LogP contribution in [0.3, 0.4) is 0 Å². The van der Waals surface area contributed by atoms with Crippen LogP contribution in [-0.2, 0) is 17.1 Å². The number of rotatable bonds is 1. The zero-order valence-electron chi connectivity index (χ0n) is 8.07. The average molecular weight is 230 g/mol. The topological polar surface area (TPSA) is 20.2 Å². The maximum Gasteiger partial charge on any atom is 0.0322 e. The van der Waals surface area contributed by atoms with E-state index in [-0.39, 0.29) is 23.2 Å². The zero-order chi connectivity index (χ0) is 9.52. The minimum atomic E-state index is -0.315. The molecule has 1 atom stereocenters. The second-order valence-electron chi connectivity index (χ2n) is 2.86. The first kappa shape index (κ1) is 13.2. The summed E-state index contributed by atoms with van der Waals surface area (Å²) >= 11 is 0. The van der Waals surface area contributed by atoms with Gasteiger partial charge in [-0.15, -0.1) is 5.56 Å². The van der Waals surface area contributed by atoms with Gasteiger partial charge in [-0.3, -0.25) is 0 Å². The fraction of sp³-hybridized carbons (Fsp3) is 0.167. The maximum atomic E-state index is 8.91. The molecule has 0 fully saturated rings. The molecule has 0 heterocycles. The summed E-state index contributed by atoms with van der Waals surface area (Å²) in [5.41, 5.74) is 0.991. The van der Waals surface area contributed by atoms with E-state index in [1.165, 1.54) is 0 Å². The second-order valence-corrected chi connectivity index (χ2v) is 2.86. The van der Waals surface area contributed by atoms with Crippen LogP contribution >= 0.6 is 0 Å². The first-order valence-electron chi connectivity index (χ1n) is 4.37. The largest absolute Gasteiger partial charge is 0.401 e. The summed E-state index contributed by atoms with van der Waals surface area (Å²) in [6.07, 6.45) is -0.315. The molecule has 0 aromatic heterocycles. The van der Waals surface area contributed by atoms with Gasteiger partial charge in [0.1, 0.15) is 0 Å². The molecule has 1 unspecified atom stereocenters. The molecular formula is C12H14FeO-2. The van der Waals surface area contributed by atoms with Crippen molar-refractivity contribution in [3.8, 4) is 0 Å². The minimum absolute atomic E-state index is 0. The fourth-order valence-corrected chi connectivity index (χ4v) is 0.988. The Labute approximate surface area is 95.6 Å². The molecule has 0 saturated heterocycles. The van der Waals surface area contributed by atoms with E-state index in [0.717, 1.165) is 5.56 Å². The van der Waals surface area contributed by atoms with Crippen LogP contribution in [0.5, 0.6) is 0 Å². The SMILES string of the molecule is CC(O)[c-]1cccc1.[Fe].c1cc[cH-]c1. The third kappa shape index (κ3) is 5.03. The van der Waals surface area contributed by atoms with E-state index in [1.54, 1.807) is 6.92 Å². The molecule has 0 aliphatic rings. The van der Waals surface area contributed by atoms with Crippen LogP contribution in [0.25, 0.3) is 0 Å². The molecule has 2 aromatic rings. The molecule has 14 heavy (non-hydrogen) atoms. The third-order valence-electron chi connectivity index (χ3n) is 1.73. The van der Waals surface area contributed by atoms with Gasteiger partial charge in [0.15, 0.2) is 0 Å². The maximum absolute atomic E-state index is 8.91. The number of hydrogen-bond donors (Lipinski definition) is 1. The molecule has 78 valence electrons. The van der Waals surface area contributed by atoms with Crippen molar-refractivity contribution in [1.82, 2.24) is 0 Å². The fourth-order valence-electron chi connectivity index (χ4n) is 0.988. The molecule has 0 saturated carbocycles. The molecule has 0 amide bonds. The smallest absolute Gasteiger partial charge is 0.0322 e. The predicted octanol–water partition coefficient (Wildman–Crippen LogP) is 2.86. The Morgan fingerprint density at radius 2 is 1.57 bits per heavy atom. The van der Waals surface area contributed by atoms with Gasteiger partial charge in [-0.05, 0) is 6.92 Å². The number of aliphatic hydroxyl groups is 1. The van der Waals surface area contributed by atoms with Crippen molar-refractivity contribution in [2.45, 2.75) is 13.0 Å². The van der Waals surface area contributed by atoms with Crippen molar-refractivity contribution in [2.24, 2.45) is 0 Å². The van der Waals surface area contributed by atoms with Gasteiger partial charge in [0, 0.05) is 23.2 Å². The van der Waals surface area contributed by atoms with Crippen molar-refractivity contribution in [2.75, 3.05) is 0 Å². The summed E-state index contributed by atoms with van der Waals surface area (Å²) in [5.74, 6) is 0. The first-order chi connectivity index (χ1) is 6.30. The van der Waals surface area contributed by atoms with Crippen LogP contribution in [0.4, 0.5) is 0 Å². The Bertz CT molecular complexity index is 265. The molecule has 2 rings (SSSR count). The Balaban J connectivity index is 0.000000246. The summed E-state index contributed by atoms with van der Waals surface area (Å²) in [6.45, 7) is 1.76. The number of aliphatic hydroxyl groups excluding tert-OH is 1. The molecule has 0 aliphatic carbocycles. The van der Waals surface area contributed by atoms with Gasteiger partial charge in [-0.25, -0.2) is 24.3 Å². The first-order valence-corrected chi connectivity index (χ1v) is 4.37. The van der Waals surface area contributed by atoms with Gasteiger partial charge in [0.05, 0.1) is 0 Å².